The highest BCUT2D eigenvalue weighted by Gasteiger charge is 2.19. The first-order chi connectivity index (χ1) is 9.79. The monoisotopic (exact) mass is 287 g/mol. The van der Waals surface area contributed by atoms with Crippen LogP contribution in [0.1, 0.15) is 44.9 Å². The largest absolute Gasteiger partial charge is 0.454 e. The predicted octanol–water partition coefficient (Wildman–Crippen LogP) is 4.94. The molecule has 21 heavy (non-hydrogen) atoms. The Morgan fingerprint density at radius 1 is 1.05 bits per heavy atom. The van der Waals surface area contributed by atoms with E-state index >= 15 is 0 Å². The van der Waals surface area contributed by atoms with Crippen LogP contribution in [-0.2, 0) is 5.41 Å². The third kappa shape index (κ3) is 3.61. The maximum atomic E-state index is 14.1. The van der Waals surface area contributed by atoms with Gasteiger partial charge in [0.1, 0.15) is 5.75 Å². The van der Waals surface area contributed by atoms with Gasteiger partial charge in [-0.2, -0.15) is 0 Å². The van der Waals surface area contributed by atoms with E-state index in [4.69, 9.17) is 10.5 Å². The second-order valence-electron chi connectivity index (χ2n) is 6.33. The smallest absolute Gasteiger partial charge is 0.166 e. The molecule has 0 spiro atoms. The molecule has 0 aliphatic carbocycles. The highest BCUT2D eigenvalue weighted by Crippen LogP contribution is 2.35. The number of rotatable bonds is 3. The van der Waals surface area contributed by atoms with Crippen LogP contribution >= 0.6 is 0 Å². The molecular formula is C18H22FNO. The lowest BCUT2D eigenvalue weighted by Gasteiger charge is -2.22. The molecule has 0 saturated heterocycles. The van der Waals surface area contributed by atoms with E-state index in [0.717, 1.165) is 11.1 Å². The SMILES string of the molecule is CC(N)c1ccc(Oc2ccccc2C(C)(C)C)c(F)c1. The van der Waals surface area contributed by atoms with Crippen molar-refractivity contribution in [2.45, 2.75) is 39.2 Å². The van der Waals surface area contributed by atoms with Crippen LogP contribution in [0.2, 0.25) is 0 Å². The van der Waals surface area contributed by atoms with Gasteiger partial charge in [0, 0.05) is 11.6 Å². The fraction of sp³-hybridized carbons (Fsp3) is 0.333. The van der Waals surface area contributed by atoms with Gasteiger partial charge in [-0.3, -0.25) is 0 Å². The van der Waals surface area contributed by atoms with Crippen LogP contribution in [0.25, 0.3) is 0 Å². The zero-order valence-corrected chi connectivity index (χ0v) is 13.0. The van der Waals surface area contributed by atoms with E-state index in [1.54, 1.807) is 12.1 Å². The summed E-state index contributed by atoms with van der Waals surface area (Å²) < 4.78 is 19.9. The molecule has 1 atom stereocenters. The minimum absolute atomic E-state index is 0.0707. The Morgan fingerprint density at radius 2 is 1.71 bits per heavy atom. The number of hydrogen-bond donors (Lipinski definition) is 1. The first-order valence-corrected chi connectivity index (χ1v) is 7.11. The number of benzene rings is 2. The summed E-state index contributed by atoms with van der Waals surface area (Å²) in [5.74, 6) is 0.502. The maximum Gasteiger partial charge on any atom is 0.166 e. The van der Waals surface area contributed by atoms with E-state index in [9.17, 15) is 4.39 Å². The van der Waals surface area contributed by atoms with Crippen molar-refractivity contribution < 1.29 is 9.13 Å². The average Bonchev–Trinajstić information content (AvgIpc) is 2.40. The van der Waals surface area contributed by atoms with Crippen LogP contribution < -0.4 is 10.5 Å². The standard InChI is InChI=1S/C18H22FNO/c1-12(20)13-9-10-17(15(19)11-13)21-16-8-6-5-7-14(16)18(2,3)4/h5-12H,20H2,1-4H3. The highest BCUT2D eigenvalue weighted by atomic mass is 19.1. The fourth-order valence-corrected chi connectivity index (χ4v) is 2.18. The topological polar surface area (TPSA) is 35.2 Å². The van der Waals surface area contributed by atoms with Gasteiger partial charge >= 0.3 is 0 Å². The Balaban J connectivity index is 2.35. The normalized spacial score (nSPS) is 13.0. The Kier molecular flexibility index (Phi) is 4.33. The number of hydrogen-bond acceptors (Lipinski definition) is 2. The molecule has 0 bridgehead atoms. The van der Waals surface area contributed by atoms with E-state index in [1.807, 2.05) is 31.2 Å². The highest BCUT2D eigenvalue weighted by molar-refractivity contribution is 5.42. The van der Waals surface area contributed by atoms with Gasteiger partial charge in [0.05, 0.1) is 0 Å². The summed E-state index contributed by atoms with van der Waals surface area (Å²) >= 11 is 0. The summed E-state index contributed by atoms with van der Waals surface area (Å²) in [6.45, 7) is 8.13. The lowest BCUT2D eigenvalue weighted by Crippen LogP contribution is -2.12. The van der Waals surface area contributed by atoms with Crippen LogP contribution in [0.3, 0.4) is 0 Å². The van der Waals surface area contributed by atoms with Crippen LogP contribution in [0.4, 0.5) is 4.39 Å². The predicted molar refractivity (Wildman–Crippen MR) is 84.2 cm³/mol. The minimum atomic E-state index is -0.395. The summed E-state index contributed by atoms with van der Waals surface area (Å²) in [4.78, 5) is 0. The average molecular weight is 287 g/mol. The van der Waals surface area contributed by atoms with Crippen molar-refractivity contribution in [2.24, 2.45) is 5.73 Å². The zero-order valence-electron chi connectivity index (χ0n) is 13.0. The molecule has 2 rings (SSSR count). The van der Waals surface area contributed by atoms with Gasteiger partial charge in [0.15, 0.2) is 11.6 Å². The van der Waals surface area contributed by atoms with Crippen LogP contribution in [0.5, 0.6) is 11.5 Å². The van der Waals surface area contributed by atoms with Crippen molar-refractivity contribution in [1.29, 1.82) is 0 Å². The molecule has 0 aliphatic rings. The number of para-hydroxylation sites is 1. The molecule has 0 aliphatic heterocycles. The first kappa shape index (κ1) is 15.5. The first-order valence-electron chi connectivity index (χ1n) is 7.11. The van der Waals surface area contributed by atoms with Crippen LogP contribution in [-0.4, -0.2) is 0 Å². The molecule has 2 aromatic rings. The zero-order chi connectivity index (χ0) is 15.6. The third-order valence-electron chi connectivity index (χ3n) is 3.40. The number of halogens is 1. The van der Waals surface area contributed by atoms with Crippen LogP contribution in [0, 0.1) is 5.82 Å². The Labute approximate surface area is 125 Å². The summed E-state index contributed by atoms with van der Waals surface area (Å²) in [5, 5.41) is 0. The molecule has 0 radical (unpaired) electrons. The Hall–Kier alpha value is -1.87. The van der Waals surface area contributed by atoms with E-state index in [2.05, 4.69) is 20.8 Å². The van der Waals surface area contributed by atoms with Gasteiger partial charge in [-0.25, -0.2) is 4.39 Å². The molecule has 1 unspecified atom stereocenters. The van der Waals surface area contributed by atoms with E-state index in [1.165, 1.54) is 6.07 Å². The number of ether oxygens (including phenoxy) is 1. The molecule has 2 aromatic carbocycles. The number of nitrogens with two attached hydrogens (primary N) is 1. The van der Waals surface area contributed by atoms with Crippen molar-refractivity contribution in [1.82, 2.24) is 0 Å². The van der Waals surface area contributed by atoms with Crippen molar-refractivity contribution in [3.8, 4) is 11.5 Å². The molecule has 2 nitrogen and oxygen atoms in total. The second kappa shape index (κ2) is 5.86. The summed E-state index contributed by atoms with van der Waals surface area (Å²) in [6, 6.07) is 12.4. The molecule has 2 N–H and O–H groups in total. The molecule has 112 valence electrons. The van der Waals surface area contributed by atoms with Gasteiger partial charge in [-0.05, 0) is 36.1 Å². The van der Waals surface area contributed by atoms with Gasteiger partial charge in [-0.1, -0.05) is 45.0 Å². The Morgan fingerprint density at radius 3 is 2.29 bits per heavy atom. The summed E-state index contributed by atoms with van der Waals surface area (Å²) in [7, 11) is 0. The molecule has 3 heteroatoms. The maximum absolute atomic E-state index is 14.1. The van der Waals surface area contributed by atoms with Gasteiger partial charge in [0.2, 0.25) is 0 Å². The minimum Gasteiger partial charge on any atom is -0.454 e. The second-order valence-corrected chi connectivity index (χ2v) is 6.33. The lowest BCUT2D eigenvalue weighted by atomic mass is 9.86. The Bertz CT molecular complexity index is 629. The van der Waals surface area contributed by atoms with Crippen molar-refractivity contribution in [3.63, 3.8) is 0 Å². The van der Waals surface area contributed by atoms with Crippen molar-refractivity contribution >= 4 is 0 Å². The van der Waals surface area contributed by atoms with Gasteiger partial charge < -0.3 is 10.5 Å². The van der Waals surface area contributed by atoms with E-state index in [0.29, 0.717) is 5.75 Å². The lowest BCUT2D eigenvalue weighted by molar-refractivity contribution is 0.424. The van der Waals surface area contributed by atoms with E-state index < -0.39 is 5.82 Å². The van der Waals surface area contributed by atoms with E-state index in [-0.39, 0.29) is 17.2 Å². The quantitative estimate of drug-likeness (QED) is 0.868. The van der Waals surface area contributed by atoms with Crippen molar-refractivity contribution in [2.75, 3.05) is 0 Å². The van der Waals surface area contributed by atoms with Crippen LogP contribution in [0.15, 0.2) is 42.5 Å². The molecule has 0 saturated carbocycles. The molecular weight excluding hydrogens is 265 g/mol. The van der Waals surface area contributed by atoms with Gasteiger partial charge in [-0.15, -0.1) is 0 Å². The summed E-state index contributed by atoms with van der Waals surface area (Å²) in [5.41, 5.74) is 7.48. The van der Waals surface area contributed by atoms with Gasteiger partial charge in [0.25, 0.3) is 0 Å². The fourth-order valence-electron chi connectivity index (χ4n) is 2.18. The molecule has 0 fully saturated rings. The molecule has 0 amide bonds. The molecule has 0 aromatic heterocycles. The molecule has 0 heterocycles. The third-order valence-corrected chi connectivity index (χ3v) is 3.40. The van der Waals surface area contributed by atoms with Crippen molar-refractivity contribution in [3.05, 3.63) is 59.4 Å². The summed E-state index contributed by atoms with van der Waals surface area (Å²) in [6.07, 6.45) is 0.